The molecule has 0 aromatic heterocycles. The highest BCUT2D eigenvalue weighted by molar-refractivity contribution is 6.43. The van der Waals surface area contributed by atoms with Gasteiger partial charge in [0.05, 0.1) is 13.2 Å². The third-order valence-corrected chi connectivity index (χ3v) is 3.67. The average molecular weight is 333 g/mol. The van der Waals surface area contributed by atoms with Crippen LogP contribution in [0.3, 0.4) is 0 Å². The lowest BCUT2D eigenvalue weighted by atomic mass is 9.99. The van der Waals surface area contributed by atoms with Crippen molar-refractivity contribution in [1.82, 2.24) is 4.90 Å². The number of esters is 2. The molecule has 0 unspecified atom stereocenters. The van der Waals surface area contributed by atoms with E-state index in [1.807, 2.05) is 6.07 Å². The molecule has 2 rings (SSSR count). The Labute approximate surface area is 139 Å². The van der Waals surface area contributed by atoms with Crippen LogP contribution in [0.2, 0.25) is 0 Å². The summed E-state index contributed by atoms with van der Waals surface area (Å²) in [7, 11) is 0. The van der Waals surface area contributed by atoms with Crippen molar-refractivity contribution < 1.29 is 28.7 Å². The van der Waals surface area contributed by atoms with Crippen LogP contribution in [0.4, 0.5) is 0 Å². The van der Waals surface area contributed by atoms with E-state index in [0.29, 0.717) is 0 Å². The number of Topliss-reactive ketones (excluding diaryl/α,β-unsaturated/α-hetero) is 1. The summed E-state index contributed by atoms with van der Waals surface area (Å²) >= 11 is 0. The number of benzene rings is 1. The van der Waals surface area contributed by atoms with Gasteiger partial charge in [-0.05, 0) is 19.4 Å². The second kappa shape index (κ2) is 7.72. The molecule has 1 aromatic rings. The van der Waals surface area contributed by atoms with Crippen molar-refractivity contribution in [1.29, 1.82) is 0 Å². The maximum absolute atomic E-state index is 12.3. The number of hydrogen-bond acceptors (Lipinski definition) is 6. The highest BCUT2D eigenvalue weighted by atomic mass is 16.5. The van der Waals surface area contributed by atoms with Gasteiger partial charge < -0.3 is 14.4 Å². The molecule has 2 atom stereocenters. The van der Waals surface area contributed by atoms with Gasteiger partial charge in [0.25, 0.3) is 5.91 Å². The van der Waals surface area contributed by atoms with Crippen molar-refractivity contribution in [2.24, 2.45) is 5.92 Å². The lowest BCUT2D eigenvalue weighted by Crippen LogP contribution is -2.44. The number of ether oxygens (including phenoxy) is 2. The Bertz CT molecular complexity index is 642. The Hall–Kier alpha value is -2.70. The van der Waals surface area contributed by atoms with Gasteiger partial charge in [-0.2, -0.15) is 0 Å². The molecule has 1 heterocycles. The number of rotatable bonds is 6. The summed E-state index contributed by atoms with van der Waals surface area (Å²) in [6.07, 6.45) is 0. The quantitative estimate of drug-likeness (QED) is 0.433. The number of carbonyl (C=O) groups excluding carboxylic acids is 4. The third-order valence-electron chi connectivity index (χ3n) is 3.67. The molecule has 0 bridgehead atoms. The van der Waals surface area contributed by atoms with Gasteiger partial charge >= 0.3 is 11.9 Å². The fraction of sp³-hybridized carbons (Fsp3) is 0.412. The first-order valence-electron chi connectivity index (χ1n) is 7.73. The number of ketones is 1. The van der Waals surface area contributed by atoms with Gasteiger partial charge in [-0.25, -0.2) is 4.79 Å². The Balaban J connectivity index is 2.35. The summed E-state index contributed by atoms with van der Waals surface area (Å²) in [5, 5.41) is 0. The Kier molecular flexibility index (Phi) is 5.68. The van der Waals surface area contributed by atoms with E-state index in [9.17, 15) is 19.2 Å². The molecule has 0 saturated carbocycles. The molecular formula is C17H19NO6. The van der Waals surface area contributed by atoms with Crippen molar-refractivity contribution in [3.63, 3.8) is 0 Å². The van der Waals surface area contributed by atoms with Crippen LogP contribution in [0.1, 0.15) is 19.4 Å². The minimum absolute atomic E-state index is 0.0325. The van der Waals surface area contributed by atoms with E-state index >= 15 is 0 Å². The van der Waals surface area contributed by atoms with Crippen LogP contribution in [-0.2, 0) is 35.2 Å². The monoisotopic (exact) mass is 333 g/mol. The van der Waals surface area contributed by atoms with Gasteiger partial charge in [-0.1, -0.05) is 30.3 Å². The summed E-state index contributed by atoms with van der Waals surface area (Å²) < 4.78 is 9.81. The maximum atomic E-state index is 12.3. The molecule has 1 amide bonds. The standard InChI is InChI=1S/C17H19NO6/c1-3-23-16(21)12-13(17(22)24-4-2)18(15(20)14(12)19)10-11-8-6-5-7-9-11/h5-9,12-13H,3-4,10H2,1-2H3/t12-,13-/m1/s1. The average Bonchev–Trinajstić information content (AvgIpc) is 2.81. The molecule has 0 aliphatic carbocycles. The van der Waals surface area contributed by atoms with Gasteiger partial charge in [-0.3, -0.25) is 14.4 Å². The van der Waals surface area contributed by atoms with Crippen LogP contribution in [-0.4, -0.2) is 47.8 Å². The summed E-state index contributed by atoms with van der Waals surface area (Å²) in [4.78, 5) is 50.0. The zero-order valence-corrected chi connectivity index (χ0v) is 13.6. The summed E-state index contributed by atoms with van der Waals surface area (Å²) in [6, 6.07) is 7.59. The van der Waals surface area contributed by atoms with Gasteiger partial charge in [-0.15, -0.1) is 0 Å². The SMILES string of the molecule is CCOC(=O)[C@H]1C(=O)C(=O)N(Cc2ccccc2)[C@H]1C(=O)OCC. The van der Waals surface area contributed by atoms with E-state index in [4.69, 9.17) is 9.47 Å². The predicted molar refractivity (Wildman–Crippen MR) is 82.5 cm³/mol. The Morgan fingerprint density at radius 2 is 1.58 bits per heavy atom. The molecule has 1 aliphatic heterocycles. The van der Waals surface area contributed by atoms with Crippen molar-refractivity contribution in [3.05, 3.63) is 35.9 Å². The molecule has 0 radical (unpaired) electrons. The first-order valence-corrected chi connectivity index (χ1v) is 7.73. The molecule has 24 heavy (non-hydrogen) atoms. The predicted octanol–water partition coefficient (Wildman–Crippen LogP) is 0.709. The zero-order valence-electron chi connectivity index (χ0n) is 13.6. The topological polar surface area (TPSA) is 90.0 Å². The smallest absolute Gasteiger partial charge is 0.330 e. The van der Waals surface area contributed by atoms with Gasteiger partial charge in [0.2, 0.25) is 5.78 Å². The summed E-state index contributed by atoms with van der Waals surface area (Å²) in [5.74, 6) is -4.98. The Morgan fingerprint density at radius 3 is 2.17 bits per heavy atom. The van der Waals surface area contributed by atoms with Crippen LogP contribution in [0.25, 0.3) is 0 Å². The van der Waals surface area contributed by atoms with E-state index < -0.39 is 35.6 Å². The zero-order chi connectivity index (χ0) is 17.7. The van der Waals surface area contributed by atoms with Crippen molar-refractivity contribution in [2.75, 3.05) is 13.2 Å². The first kappa shape index (κ1) is 17.7. The molecule has 128 valence electrons. The van der Waals surface area contributed by atoms with Crippen molar-refractivity contribution in [2.45, 2.75) is 26.4 Å². The first-order chi connectivity index (χ1) is 11.5. The minimum atomic E-state index is -1.49. The molecule has 1 saturated heterocycles. The normalized spacial score (nSPS) is 20.2. The molecule has 0 N–H and O–H groups in total. The van der Waals surface area contributed by atoms with Crippen LogP contribution in [0.5, 0.6) is 0 Å². The molecule has 1 aliphatic rings. The van der Waals surface area contributed by atoms with E-state index in [0.717, 1.165) is 10.5 Å². The molecule has 7 heteroatoms. The van der Waals surface area contributed by atoms with E-state index in [-0.39, 0.29) is 19.8 Å². The third kappa shape index (κ3) is 3.45. The number of nitrogens with zero attached hydrogens (tertiary/aromatic N) is 1. The Morgan fingerprint density at radius 1 is 1.00 bits per heavy atom. The highest BCUT2D eigenvalue weighted by Crippen LogP contribution is 2.27. The maximum Gasteiger partial charge on any atom is 0.330 e. The minimum Gasteiger partial charge on any atom is -0.465 e. The van der Waals surface area contributed by atoms with Crippen LogP contribution in [0.15, 0.2) is 30.3 Å². The highest BCUT2D eigenvalue weighted by Gasteiger charge is 2.55. The van der Waals surface area contributed by atoms with E-state index in [1.165, 1.54) is 0 Å². The number of carbonyl (C=O) groups is 4. The van der Waals surface area contributed by atoms with E-state index in [2.05, 4.69) is 0 Å². The summed E-state index contributed by atoms with van der Waals surface area (Å²) in [5.41, 5.74) is 0.734. The number of hydrogen-bond donors (Lipinski definition) is 0. The molecule has 1 fully saturated rings. The summed E-state index contributed by atoms with van der Waals surface area (Å²) in [6.45, 7) is 3.35. The number of likely N-dealkylation sites (tertiary alicyclic amines) is 1. The fourth-order valence-corrected chi connectivity index (χ4v) is 2.63. The molecule has 1 aromatic carbocycles. The largest absolute Gasteiger partial charge is 0.465 e. The second-order valence-corrected chi connectivity index (χ2v) is 5.21. The van der Waals surface area contributed by atoms with Crippen molar-refractivity contribution >= 4 is 23.6 Å². The number of amides is 1. The van der Waals surface area contributed by atoms with Crippen LogP contribution in [0, 0.1) is 5.92 Å². The van der Waals surface area contributed by atoms with Crippen LogP contribution < -0.4 is 0 Å². The van der Waals surface area contributed by atoms with Crippen molar-refractivity contribution in [3.8, 4) is 0 Å². The molecular weight excluding hydrogens is 314 g/mol. The van der Waals surface area contributed by atoms with Gasteiger partial charge in [0, 0.05) is 6.54 Å². The van der Waals surface area contributed by atoms with Gasteiger partial charge in [0.15, 0.2) is 12.0 Å². The lowest BCUT2D eigenvalue weighted by molar-refractivity contribution is -0.160. The molecule has 7 nitrogen and oxygen atoms in total. The fourth-order valence-electron chi connectivity index (χ4n) is 2.63. The lowest BCUT2D eigenvalue weighted by Gasteiger charge is -2.24. The second-order valence-electron chi connectivity index (χ2n) is 5.21. The van der Waals surface area contributed by atoms with Crippen LogP contribution >= 0.6 is 0 Å². The van der Waals surface area contributed by atoms with E-state index in [1.54, 1.807) is 38.1 Å². The van der Waals surface area contributed by atoms with Gasteiger partial charge in [0.1, 0.15) is 0 Å². The molecule has 0 spiro atoms.